The fourth-order valence-corrected chi connectivity index (χ4v) is 8.90. The number of fused-ring (bicyclic) bond motifs is 3. The second kappa shape index (κ2) is 14.2. The molecule has 1 nitrogen and oxygen atoms in total. The van der Waals surface area contributed by atoms with E-state index in [0.717, 1.165) is 22.6 Å². The van der Waals surface area contributed by atoms with Gasteiger partial charge in [-0.3, -0.25) is 0 Å². The lowest BCUT2D eigenvalue weighted by Crippen LogP contribution is -2.28. The first-order valence-corrected chi connectivity index (χ1v) is 19.4. The lowest BCUT2D eigenvalue weighted by atomic mass is 9.67. The molecule has 9 aromatic carbocycles. The highest BCUT2D eigenvalue weighted by Gasteiger charge is 2.46. The fraction of sp³-hybridized carbons (Fsp3) is 0.0182. The van der Waals surface area contributed by atoms with Gasteiger partial charge in [0.1, 0.15) is 0 Å². The van der Waals surface area contributed by atoms with Crippen molar-refractivity contribution in [1.29, 1.82) is 0 Å². The SMILES string of the molecule is c1ccc(-c2ccc(N(c3ccc4c(c3)C(c3ccccc3)(c3ccccc3)c3ccccc3-4)c3ccccc3-c3ccccc3)c(-c3ccccc3)c2)cc1. The zero-order valence-corrected chi connectivity index (χ0v) is 31.0. The van der Waals surface area contributed by atoms with Crippen molar-refractivity contribution in [2.75, 3.05) is 4.90 Å². The van der Waals surface area contributed by atoms with Crippen LogP contribution in [0.4, 0.5) is 17.1 Å². The van der Waals surface area contributed by atoms with Gasteiger partial charge in [0.05, 0.1) is 16.8 Å². The molecule has 0 fully saturated rings. The van der Waals surface area contributed by atoms with Gasteiger partial charge in [-0.25, -0.2) is 0 Å². The van der Waals surface area contributed by atoms with E-state index in [1.807, 2.05) is 0 Å². The summed E-state index contributed by atoms with van der Waals surface area (Å²) in [5.74, 6) is 0. The van der Waals surface area contributed by atoms with E-state index in [9.17, 15) is 0 Å². The van der Waals surface area contributed by atoms with Crippen LogP contribution < -0.4 is 4.90 Å². The molecule has 1 aliphatic carbocycles. The number of anilines is 3. The summed E-state index contributed by atoms with van der Waals surface area (Å²) in [5.41, 5.74) is 17.5. The van der Waals surface area contributed by atoms with Crippen LogP contribution in [0.5, 0.6) is 0 Å². The molecule has 0 atom stereocenters. The lowest BCUT2D eigenvalue weighted by Gasteiger charge is -2.35. The van der Waals surface area contributed by atoms with E-state index in [-0.39, 0.29) is 0 Å². The largest absolute Gasteiger partial charge is 0.309 e. The van der Waals surface area contributed by atoms with Crippen molar-refractivity contribution in [2.24, 2.45) is 0 Å². The fourth-order valence-electron chi connectivity index (χ4n) is 8.90. The van der Waals surface area contributed by atoms with Crippen LogP contribution in [-0.4, -0.2) is 0 Å². The Balaban J connectivity index is 1.29. The molecule has 0 unspecified atom stereocenters. The Kier molecular flexibility index (Phi) is 8.46. The molecule has 264 valence electrons. The minimum absolute atomic E-state index is 0.519. The van der Waals surface area contributed by atoms with Crippen LogP contribution in [0.3, 0.4) is 0 Å². The van der Waals surface area contributed by atoms with Crippen molar-refractivity contribution < 1.29 is 0 Å². The summed E-state index contributed by atoms with van der Waals surface area (Å²) < 4.78 is 0. The molecular weight excluding hydrogens is 675 g/mol. The number of hydrogen-bond acceptors (Lipinski definition) is 1. The van der Waals surface area contributed by atoms with Gasteiger partial charge in [-0.1, -0.05) is 206 Å². The molecule has 9 aromatic rings. The molecule has 0 saturated carbocycles. The first kappa shape index (κ1) is 33.4. The molecule has 0 radical (unpaired) electrons. The van der Waals surface area contributed by atoms with Crippen molar-refractivity contribution >= 4 is 17.1 Å². The molecule has 0 spiro atoms. The molecule has 0 aromatic heterocycles. The Morgan fingerprint density at radius 3 is 1.36 bits per heavy atom. The van der Waals surface area contributed by atoms with Crippen molar-refractivity contribution in [3.63, 3.8) is 0 Å². The number of para-hydroxylation sites is 1. The van der Waals surface area contributed by atoms with E-state index < -0.39 is 5.41 Å². The summed E-state index contributed by atoms with van der Waals surface area (Å²) in [6, 6.07) is 86.3. The maximum Gasteiger partial charge on any atom is 0.0714 e. The molecule has 1 aliphatic rings. The summed E-state index contributed by atoms with van der Waals surface area (Å²) in [4.78, 5) is 2.49. The molecule has 56 heavy (non-hydrogen) atoms. The second-order valence-electron chi connectivity index (χ2n) is 14.4. The monoisotopic (exact) mass is 713 g/mol. The summed E-state index contributed by atoms with van der Waals surface area (Å²) in [7, 11) is 0. The maximum absolute atomic E-state index is 2.49. The highest BCUT2D eigenvalue weighted by molar-refractivity contribution is 5.96. The van der Waals surface area contributed by atoms with E-state index in [1.165, 1.54) is 61.2 Å². The van der Waals surface area contributed by atoms with E-state index in [0.29, 0.717) is 0 Å². The normalized spacial score (nSPS) is 12.4. The summed E-state index contributed by atoms with van der Waals surface area (Å²) in [6.07, 6.45) is 0. The Bertz CT molecular complexity index is 2740. The summed E-state index contributed by atoms with van der Waals surface area (Å²) in [5, 5.41) is 0. The van der Waals surface area contributed by atoms with E-state index in [2.05, 4.69) is 241 Å². The number of hydrogen-bond donors (Lipinski definition) is 0. The van der Waals surface area contributed by atoms with Gasteiger partial charge in [0.25, 0.3) is 0 Å². The molecule has 0 saturated heterocycles. The van der Waals surface area contributed by atoms with Crippen molar-refractivity contribution in [3.05, 3.63) is 259 Å². The van der Waals surface area contributed by atoms with Gasteiger partial charge in [-0.15, -0.1) is 0 Å². The topological polar surface area (TPSA) is 3.24 Å². The van der Waals surface area contributed by atoms with Crippen LogP contribution in [0.1, 0.15) is 22.3 Å². The third-order valence-electron chi connectivity index (χ3n) is 11.4. The van der Waals surface area contributed by atoms with Crippen LogP contribution in [0.15, 0.2) is 237 Å². The maximum atomic E-state index is 2.49. The molecule has 10 rings (SSSR count). The molecule has 0 amide bonds. The zero-order chi connectivity index (χ0) is 37.3. The van der Waals surface area contributed by atoms with Crippen molar-refractivity contribution in [1.82, 2.24) is 0 Å². The first-order chi connectivity index (χ1) is 27.8. The molecule has 0 heterocycles. The third kappa shape index (κ3) is 5.56. The highest BCUT2D eigenvalue weighted by atomic mass is 15.1. The predicted octanol–water partition coefficient (Wildman–Crippen LogP) is 14.5. The van der Waals surface area contributed by atoms with Gasteiger partial charge in [-0.2, -0.15) is 0 Å². The molecule has 0 N–H and O–H groups in total. The highest BCUT2D eigenvalue weighted by Crippen LogP contribution is 2.57. The minimum Gasteiger partial charge on any atom is -0.309 e. The smallest absolute Gasteiger partial charge is 0.0714 e. The Labute approximate surface area is 329 Å². The first-order valence-electron chi connectivity index (χ1n) is 19.4. The quantitative estimate of drug-likeness (QED) is 0.152. The molecular formula is C55H39N. The third-order valence-corrected chi connectivity index (χ3v) is 11.4. The minimum atomic E-state index is -0.519. The van der Waals surface area contributed by atoms with Crippen LogP contribution in [0, 0.1) is 0 Å². The Morgan fingerprint density at radius 1 is 0.268 bits per heavy atom. The molecule has 0 aliphatic heterocycles. The lowest BCUT2D eigenvalue weighted by molar-refractivity contribution is 0.768. The van der Waals surface area contributed by atoms with Gasteiger partial charge in [0.15, 0.2) is 0 Å². The average Bonchev–Trinajstić information content (AvgIpc) is 3.59. The van der Waals surface area contributed by atoms with Gasteiger partial charge in [0, 0.05) is 16.8 Å². The van der Waals surface area contributed by atoms with E-state index in [4.69, 9.17) is 0 Å². The number of nitrogens with zero attached hydrogens (tertiary/aromatic N) is 1. The van der Waals surface area contributed by atoms with Crippen LogP contribution in [-0.2, 0) is 5.41 Å². The molecule has 0 bridgehead atoms. The van der Waals surface area contributed by atoms with E-state index >= 15 is 0 Å². The van der Waals surface area contributed by atoms with Crippen molar-refractivity contribution in [3.8, 4) is 44.5 Å². The van der Waals surface area contributed by atoms with Crippen LogP contribution in [0.2, 0.25) is 0 Å². The zero-order valence-electron chi connectivity index (χ0n) is 31.0. The van der Waals surface area contributed by atoms with Gasteiger partial charge < -0.3 is 4.90 Å². The standard InChI is InChI=1S/C55H39N/c1-6-20-40(21-7-1)43-34-37-54(50(38-43)42-24-10-3-11-25-42)56(53-33-19-17-30-47(53)41-22-8-2-9-23-41)46-35-36-49-48-31-16-18-32-51(48)55(52(49)39-46,44-26-12-4-13-27-44)45-28-14-5-15-29-45/h1-39H. The summed E-state index contributed by atoms with van der Waals surface area (Å²) in [6.45, 7) is 0. The van der Waals surface area contributed by atoms with Crippen LogP contribution >= 0.6 is 0 Å². The van der Waals surface area contributed by atoms with Gasteiger partial charge in [0.2, 0.25) is 0 Å². The second-order valence-corrected chi connectivity index (χ2v) is 14.4. The number of rotatable bonds is 8. The van der Waals surface area contributed by atoms with Crippen molar-refractivity contribution in [2.45, 2.75) is 5.41 Å². The number of benzene rings is 9. The Hall–Kier alpha value is -7.22. The van der Waals surface area contributed by atoms with E-state index in [1.54, 1.807) is 0 Å². The van der Waals surface area contributed by atoms with Crippen LogP contribution in [0.25, 0.3) is 44.5 Å². The predicted molar refractivity (Wildman–Crippen MR) is 235 cm³/mol. The Morgan fingerprint density at radius 2 is 0.732 bits per heavy atom. The summed E-state index contributed by atoms with van der Waals surface area (Å²) >= 11 is 0. The van der Waals surface area contributed by atoms with Gasteiger partial charge >= 0.3 is 0 Å². The van der Waals surface area contributed by atoms with Gasteiger partial charge in [-0.05, 0) is 86.0 Å². The average molecular weight is 714 g/mol. The molecule has 1 heteroatoms.